The van der Waals surface area contributed by atoms with E-state index in [2.05, 4.69) is 39.8 Å². The van der Waals surface area contributed by atoms with Gasteiger partial charge in [0.05, 0.1) is 11.0 Å². The second-order valence-electron chi connectivity index (χ2n) is 5.05. The molecule has 0 unspecified atom stereocenters. The minimum absolute atomic E-state index is 0. The molecule has 6 heteroatoms. The Labute approximate surface area is 136 Å². The summed E-state index contributed by atoms with van der Waals surface area (Å²) >= 11 is 0. The molecule has 2 aromatic rings. The molecule has 1 aromatic heterocycles. The zero-order valence-electron chi connectivity index (χ0n) is 12.1. The van der Waals surface area contributed by atoms with Crippen molar-refractivity contribution in [1.29, 1.82) is 0 Å². The van der Waals surface area contributed by atoms with Gasteiger partial charge in [0.2, 0.25) is 0 Å². The Hall–Kier alpha value is -1.31. The molecule has 1 heterocycles. The van der Waals surface area contributed by atoms with Crippen LogP contribution in [0.25, 0.3) is 11.0 Å². The average molecular weight is 387 g/mol. The number of fused-ring (bicyclic) bond motifs is 1. The number of aryl methyl sites for hydroxylation is 1. The molecule has 3 N–H and O–H groups in total. The molecule has 0 aliphatic rings. The summed E-state index contributed by atoms with van der Waals surface area (Å²) in [5, 5.41) is 3.10. The summed E-state index contributed by atoms with van der Waals surface area (Å²) < 4.78 is 2.05. The molecule has 0 saturated heterocycles. The second kappa shape index (κ2) is 7.47. The first-order valence-electron chi connectivity index (χ1n) is 6.52. The summed E-state index contributed by atoms with van der Waals surface area (Å²) in [5.74, 6) is 1.93. The van der Waals surface area contributed by atoms with Crippen LogP contribution in [-0.4, -0.2) is 22.1 Å². The number of benzene rings is 1. The van der Waals surface area contributed by atoms with E-state index in [4.69, 9.17) is 5.73 Å². The van der Waals surface area contributed by atoms with Crippen LogP contribution in [-0.2, 0) is 13.6 Å². The molecule has 0 fully saturated rings. The lowest BCUT2D eigenvalue weighted by Gasteiger charge is -2.07. The average Bonchev–Trinajstić information content (AvgIpc) is 2.71. The highest BCUT2D eigenvalue weighted by Crippen LogP contribution is 2.14. The van der Waals surface area contributed by atoms with Crippen LogP contribution in [0.3, 0.4) is 0 Å². The van der Waals surface area contributed by atoms with E-state index in [9.17, 15) is 0 Å². The van der Waals surface area contributed by atoms with Crippen molar-refractivity contribution in [3.05, 3.63) is 30.1 Å². The summed E-state index contributed by atoms with van der Waals surface area (Å²) in [5.41, 5.74) is 7.92. The van der Waals surface area contributed by atoms with Crippen molar-refractivity contribution in [3.63, 3.8) is 0 Å². The van der Waals surface area contributed by atoms with E-state index in [-0.39, 0.29) is 24.0 Å². The number of hydrogen-bond donors (Lipinski definition) is 2. The van der Waals surface area contributed by atoms with Gasteiger partial charge >= 0.3 is 0 Å². The van der Waals surface area contributed by atoms with Crippen molar-refractivity contribution in [2.24, 2.45) is 23.7 Å². The summed E-state index contributed by atoms with van der Waals surface area (Å²) in [7, 11) is 2.00. The predicted molar refractivity (Wildman–Crippen MR) is 94.3 cm³/mol. The third-order valence-electron chi connectivity index (χ3n) is 2.96. The number of nitrogens with zero attached hydrogens (tertiary/aromatic N) is 3. The second-order valence-corrected chi connectivity index (χ2v) is 5.05. The van der Waals surface area contributed by atoms with E-state index in [1.165, 1.54) is 0 Å². The number of aliphatic imine (C=N–C) groups is 1. The van der Waals surface area contributed by atoms with E-state index in [0.29, 0.717) is 18.4 Å². The van der Waals surface area contributed by atoms with Crippen LogP contribution in [0.1, 0.15) is 19.7 Å². The fourth-order valence-corrected chi connectivity index (χ4v) is 1.86. The Bertz CT molecular complexity index is 588. The van der Waals surface area contributed by atoms with Gasteiger partial charge in [-0.2, -0.15) is 0 Å². The lowest BCUT2D eigenvalue weighted by molar-refractivity contribution is 0.621. The molecular formula is C14H22IN5. The highest BCUT2D eigenvalue weighted by Gasteiger charge is 2.06. The van der Waals surface area contributed by atoms with Gasteiger partial charge in [-0.1, -0.05) is 26.0 Å². The standard InChI is InChI=1S/C14H21N5.HI/c1-10(2)8-16-14(15)17-9-13-18-11-6-4-5-7-12(11)19(13)3;/h4-7,10H,8-9H2,1-3H3,(H3,15,16,17);1H. The Morgan fingerprint density at radius 2 is 2.10 bits per heavy atom. The van der Waals surface area contributed by atoms with Crippen molar-refractivity contribution in [2.75, 3.05) is 6.54 Å². The largest absolute Gasteiger partial charge is 0.370 e. The van der Waals surface area contributed by atoms with E-state index in [0.717, 1.165) is 23.4 Å². The first-order valence-corrected chi connectivity index (χ1v) is 6.52. The van der Waals surface area contributed by atoms with Gasteiger partial charge in [0.1, 0.15) is 12.4 Å². The number of para-hydroxylation sites is 2. The third kappa shape index (κ3) is 4.09. The van der Waals surface area contributed by atoms with Gasteiger partial charge in [0, 0.05) is 13.6 Å². The number of aromatic nitrogens is 2. The maximum Gasteiger partial charge on any atom is 0.189 e. The molecule has 5 nitrogen and oxygen atoms in total. The molecule has 0 bridgehead atoms. The van der Waals surface area contributed by atoms with Crippen molar-refractivity contribution in [3.8, 4) is 0 Å². The Morgan fingerprint density at radius 3 is 2.75 bits per heavy atom. The van der Waals surface area contributed by atoms with Crippen molar-refractivity contribution in [1.82, 2.24) is 14.9 Å². The van der Waals surface area contributed by atoms with E-state index in [1.807, 2.05) is 25.2 Å². The maximum absolute atomic E-state index is 5.82. The molecule has 110 valence electrons. The van der Waals surface area contributed by atoms with Gasteiger partial charge < -0.3 is 15.6 Å². The molecule has 0 saturated carbocycles. The topological polar surface area (TPSA) is 68.2 Å². The molecule has 1 aromatic carbocycles. The number of nitrogens with one attached hydrogen (secondary N) is 1. The molecule has 20 heavy (non-hydrogen) atoms. The number of nitrogens with two attached hydrogens (primary N) is 1. The van der Waals surface area contributed by atoms with Crippen LogP contribution in [0.4, 0.5) is 0 Å². The van der Waals surface area contributed by atoms with Gasteiger partial charge in [-0.15, -0.1) is 24.0 Å². The fourth-order valence-electron chi connectivity index (χ4n) is 1.86. The quantitative estimate of drug-likeness (QED) is 0.481. The van der Waals surface area contributed by atoms with E-state index < -0.39 is 0 Å². The molecule has 0 aliphatic heterocycles. The minimum atomic E-state index is 0. The van der Waals surface area contributed by atoms with Crippen LogP contribution in [0.15, 0.2) is 29.3 Å². The molecule has 0 radical (unpaired) electrons. The highest BCUT2D eigenvalue weighted by atomic mass is 127. The van der Waals surface area contributed by atoms with Gasteiger partial charge in [-0.3, -0.25) is 0 Å². The van der Waals surface area contributed by atoms with Gasteiger partial charge in [0.25, 0.3) is 0 Å². The molecule has 2 rings (SSSR count). The van der Waals surface area contributed by atoms with Crippen LogP contribution < -0.4 is 11.1 Å². The Kier molecular flexibility index (Phi) is 6.25. The van der Waals surface area contributed by atoms with Crippen molar-refractivity contribution < 1.29 is 0 Å². The lowest BCUT2D eigenvalue weighted by atomic mass is 10.2. The van der Waals surface area contributed by atoms with Crippen LogP contribution in [0.5, 0.6) is 0 Å². The third-order valence-corrected chi connectivity index (χ3v) is 2.96. The van der Waals surface area contributed by atoms with Crippen LogP contribution in [0.2, 0.25) is 0 Å². The summed E-state index contributed by atoms with van der Waals surface area (Å²) in [6, 6.07) is 8.05. The normalized spacial score (nSPS) is 11.7. The Balaban J connectivity index is 0.00000200. The number of guanidine groups is 1. The lowest BCUT2D eigenvalue weighted by Crippen LogP contribution is -2.34. The Morgan fingerprint density at radius 1 is 1.40 bits per heavy atom. The predicted octanol–water partition coefficient (Wildman–Crippen LogP) is 2.25. The van der Waals surface area contributed by atoms with Gasteiger partial charge in [0.15, 0.2) is 5.96 Å². The van der Waals surface area contributed by atoms with Gasteiger partial charge in [-0.05, 0) is 18.1 Å². The molecule has 0 amide bonds. The number of hydrogen-bond acceptors (Lipinski definition) is 2. The first-order chi connectivity index (χ1) is 9.08. The number of halogens is 1. The highest BCUT2D eigenvalue weighted by molar-refractivity contribution is 14.0. The summed E-state index contributed by atoms with van der Waals surface area (Å²) in [6.07, 6.45) is 0. The smallest absolute Gasteiger partial charge is 0.189 e. The fraction of sp³-hybridized carbons (Fsp3) is 0.429. The van der Waals surface area contributed by atoms with E-state index in [1.54, 1.807) is 0 Å². The number of imidazole rings is 1. The van der Waals surface area contributed by atoms with Crippen molar-refractivity contribution >= 4 is 41.0 Å². The first kappa shape index (κ1) is 16.7. The maximum atomic E-state index is 5.82. The molecule has 0 spiro atoms. The minimum Gasteiger partial charge on any atom is -0.370 e. The molecular weight excluding hydrogens is 365 g/mol. The number of rotatable bonds is 4. The summed E-state index contributed by atoms with van der Waals surface area (Å²) in [4.78, 5) is 8.87. The zero-order chi connectivity index (χ0) is 13.8. The zero-order valence-corrected chi connectivity index (χ0v) is 14.5. The van der Waals surface area contributed by atoms with Crippen LogP contribution in [0, 0.1) is 5.92 Å². The molecule has 0 atom stereocenters. The summed E-state index contributed by atoms with van der Waals surface area (Å²) in [6.45, 7) is 5.58. The molecule has 0 aliphatic carbocycles. The van der Waals surface area contributed by atoms with Crippen LogP contribution >= 0.6 is 24.0 Å². The van der Waals surface area contributed by atoms with Gasteiger partial charge in [-0.25, -0.2) is 9.98 Å². The van der Waals surface area contributed by atoms with Crippen molar-refractivity contribution in [2.45, 2.75) is 20.4 Å². The SMILES string of the molecule is CC(C)CNC(N)=NCc1nc2ccccc2n1C.I. The van der Waals surface area contributed by atoms with E-state index >= 15 is 0 Å². The monoisotopic (exact) mass is 387 g/mol.